The van der Waals surface area contributed by atoms with Crippen molar-refractivity contribution in [1.82, 2.24) is 30.6 Å². The summed E-state index contributed by atoms with van der Waals surface area (Å²) in [5.74, 6) is 3.85. The molecule has 6 heteroatoms. The van der Waals surface area contributed by atoms with Gasteiger partial charge in [0.1, 0.15) is 11.6 Å². The second kappa shape index (κ2) is 8.14. The summed E-state index contributed by atoms with van der Waals surface area (Å²) in [5, 5.41) is 13.0. The topological polar surface area (TPSA) is 81.4 Å². The van der Waals surface area contributed by atoms with Gasteiger partial charge in [-0.1, -0.05) is 37.1 Å². The van der Waals surface area contributed by atoms with Crippen LogP contribution in [0.25, 0.3) is 22.5 Å². The smallest absolute Gasteiger partial charge is 0.123 e. The van der Waals surface area contributed by atoms with E-state index in [1.807, 2.05) is 12.4 Å². The van der Waals surface area contributed by atoms with E-state index in [9.17, 15) is 0 Å². The molecule has 0 amide bonds. The van der Waals surface area contributed by atoms with Crippen molar-refractivity contribution >= 4 is 0 Å². The van der Waals surface area contributed by atoms with E-state index in [1.165, 1.54) is 83.4 Å². The van der Waals surface area contributed by atoms with Crippen LogP contribution < -0.4 is 10.6 Å². The monoisotopic (exact) mass is 502 g/mol. The molecule has 2 saturated heterocycles. The minimum absolute atomic E-state index is 0.372. The molecule has 4 fully saturated rings. The van der Waals surface area contributed by atoms with E-state index in [2.05, 4.69) is 57.0 Å². The van der Waals surface area contributed by atoms with Gasteiger partial charge in [0.2, 0.25) is 0 Å². The number of rotatable bonds is 4. The summed E-state index contributed by atoms with van der Waals surface area (Å²) in [6.07, 6.45) is 14.6. The molecule has 0 unspecified atom stereocenters. The first kappa shape index (κ1) is 21.7. The Hall–Kier alpha value is -3.22. The summed E-state index contributed by atoms with van der Waals surface area (Å²) in [6, 6.07) is 15.8. The van der Waals surface area contributed by atoms with E-state index < -0.39 is 0 Å². The highest BCUT2D eigenvalue weighted by molar-refractivity contribution is 5.62. The molecular weight excluding hydrogens is 468 g/mol. The molecule has 0 bridgehead atoms. The largest absolute Gasteiger partial charge is 0.341 e. The van der Waals surface area contributed by atoms with E-state index in [4.69, 9.17) is 9.97 Å². The third-order valence-corrected chi connectivity index (χ3v) is 10.3. The molecule has 3 aliphatic carbocycles. The Morgan fingerprint density at radius 3 is 1.55 bits per heavy atom. The standard InChI is InChI=1S/C32H34N6/c1-3-17-13-27(35-25(17)5-1)31-33-15-29(37-31)19-7-9-21-23(11-19)22-10-8-20(12-24(21)22)30-16-34-32(38-30)28-14-18-4-2-6-26(18)36-28/h7-12,15-18,25-28,35-36H,1-6,13-14H2,(H,33,37)(H,34,38)/t17-,18-,25-,26-,27-,28-/m0/s1. The molecule has 2 saturated carbocycles. The third kappa shape index (κ3) is 3.26. The highest BCUT2D eigenvalue weighted by Gasteiger charge is 2.39. The third-order valence-electron chi connectivity index (χ3n) is 10.3. The summed E-state index contributed by atoms with van der Waals surface area (Å²) < 4.78 is 0. The average molecular weight is 503 g/mol. The van der Waals surface area contributed by atoms with Gasteiger partial charge in [-0.05, 0) is 83.4 Å². The van der Waals surface area contributed by atoms with Crippen molar-refractivity contribution in [2.45, 2.75) is 75.5 Å². The Labute approximate surface area is 221 Å². The molecule has 2 aliphatic heterocycles. The van der Waals surface area contributed by atoms with Crippen LogP contribution in [0.1, 0.15) is 75.1 Å². The molecule has 0 radical (unpaired) electrons. The number of nitrogens with zero attached hydrogens (tertiary/aromatic N) is 2. The molecule has 4 N–H and O–H groups in total. The molecule has 0 spiro atoms. The molecule has 2 aromatic carbocycles. The van der Waals surface area contributed by atoms with Crippen LogP contribution in [-0.2, 0) is 0 Å². The number of benzene rings is 2. The van der Waals surface area contributed by atoms with E-state index in [1.54, 1.807) is 0 Å². The van der Waals surface area contributed by atoms with Gasteiger partial charge in [-0.25, -0.2) is 9.97 Å². The number of hydrogen-bond donors (Lipinski definition) is 4. The van der Waals surface area contributed by atoms with E-state index in [-0.39, 0.29) is 0 Å². The van der Waals surface area contributed by atoms with Gasteiger partial charge in [-0.3, -0.25) is 0 Å². The first-order valence-electron chi connectivity index (χ1n) is 14.7. The number of H-pyrrole nitrogens is 2. The van der Waals surface area contributed by atoms with Gasteiger partial charge in [0.15, 0.2) is 0 Å². The molecule has 38 heavy (non-hydrogen) atoms. The second-order valence-electron chi connectivity index (χ2n) is 12.4. The molecule has 4 heterocycles. The number of imidazole rings is 2. The molecule has 2 aromatic heterocycles. The predicted octanol–water partition coefficient (Wildman–Crippen LogP) is 5.76. The van der Waals surface area contributed by atoms with Gasteiger partial charge in [-0.2, -0.15) is 0 Å². The maximum atomic E-state index is 4.78. The molecule has 6 nitrogen and oxygen atoms in total. The molecule has 192 valence electrons. The summed E-state index contributed by atoms with van der Waals surface area (Å²) >= 11 is 0. The lowest BCUT2D eigenvalue weighted by atomic mass is 9.96. The van der Waals surface area contributed by atoms with Gasteiger partial charge in [0.25, 0.3) is 0 Å². The van der Waals surface area contributed by atoms with Crippen LogP contribution in [0.3, 0.4) is 0 Å². The lowest BCUT2D eigenvalue weighted by Gasteiger charge is -2.11. The Morgan fingerprint density at radius 1 is 0.579 bits per heavy atom. The van der Waals surface area contributed by atoms with Crippen LogP contribution in [0.4, 0.5) is 0 Å². The second-order valence-corrected chi connectivity index (χ2v) is 12.4. The Bertz CT molecular complexity index is 1570. The van der Waals surface area contributed by atoms with Crippen LogP contribution in [0.5, 0.6) is 0 Å². The normalized spacial score (nSPS) is 30.6. The van der Waals surface area contributed by atoms with Crippen molar-refractivity contribution in [3.05, 3.63) is 81.3 Å². The van der Waals surface area contributed by atoms with Gasteiger partial charge in [0.05, 0.1) is 35.9 Å². The van der Waals surface area contributed by atoms with Crippen molar-refractivity contribution in [2.75, 3.05) is 0 Å². The lowest BCUT2D eigenvalue weighted by molar-refractivity contribution is 0.516. The quantitative estimate of drug-likeness (QED) is 0.252. The first-order valence-corrected chi connectivity index (χ1v) is 14.7. The zero-order valence-corrected chi connectivity index (χ0v) is 21.6. The van der Waals surface area contributed by atoms with E-state index in [0.717, 1.165) is 34.9 Å². The van der Waals surface area contributed by atoms with Gasteiger partial charge in [0, 0.05) is 23.2 Å². The van der Waals surface area contributed by atoms with Crippen molar-refractivity contribution < 1.29 is 0 Å². The summed E-state index contributed by atoms with van der Waals surface area (Å²) in [4.78, 5) is 16.8. The van der Waals surface area contributed by atoms with Crippen LogP contribution in [0.15, 0.2) is 48.8 Å². The maximum absolute atomic E-state index is 4.78. The van der Waals surface area contributed by atoms with Crippen molar-refractivity contribution in [3.63, 3.8) is 0 Å². The first-order chi connectivity index (χ1) is 18.8. The molecular formula is C32H34N6. The van der Waals surface area contributed by atoms with Crippen molar-refractivity contribution in [3.8, 4) is 22.5 Å². The highest BCUT2D eigenvalue weighted by atomic mass is 15.1. The molecule has 4 aromatic rings. The van der Waals surface area contributed by atoms with Crippen LogP contribution in [0, 0.1) is 32.7 Å². The molecule has 6 atom stereocenters. The lowest BCUT2D eigenvalue weighted by Crippen LogP contribution is -2.24. The average Bonchev–Trinajstić information content (AvgIpc) is 3.74. The molecule has 5 aliphatic rings. The Kier molecular flexibility index (Phi) is 4.64. The summed E-state index contributed by atoms with van der Waals surface area (Å²) in [7, 11) is 0. The van der Waals surface area contributed by atoms with Crippen molar-refractivity contribution in [2.24, 2.45) is 11.8 Å². The Morgan fingerprint density at radius 2 is 1.08 bits per heavy atom. The number of nitrogens with one attached hydrogen (secondary N) is 4. The predicted molar refractivity (Wildman–Crippen MR) is 147 cm³/mol. The zero-order chi connectivity index (χ0) is 24.8. The summed E-state index contributed by atoms with van der Waals surface area (Å²) in [5.41, 5.74) is 4.65. The fourth-order valence-electron chi connectivity index (χ4n) is 8.31. The van der Waals surface area contributed by atoms with Crippen LogP contribution in [0.2, 0.25) is 0 Å². The number of hydrogen-bond acceptors (Lipinski definition) is 4. The summed E-state index contributed by atoms with van der Waals surface area (Å²) in [6.45, 7) is 0. The maximum Gasteiger partial charge on any atom is 0.123 e. The SMILES string of the molecule is c1cc2c(cc1-c1cnc([C@@H]3C[C@@H]4CCC[C@@H]4N3)[nH]1)=c1ccc(-c3cnc([C@@H]4C[C@@H]5CCC[C@@H]5N4)[nH]3)cc1=2. The number of aromatic nitrogens is 4. The van der Waals surface area contributed by atoms with Crippen molar-refractivity contribution in [1.29, 1.82) is 0 Å². The Balaban J connectivity index is 0.983. The van der Waals surface area contributed by atoms with E-state index >= 15 is 0 Å². The van der Waals surface area contributed by atoms with Crippen LogP contribution in [-0.4, -0.2) is 32.0 Å². The number of fused-ring (bicyclic) bond motifs is 4. The van der Waals surface area contributed by atoms with Gasteiger partial charge >= 0.3 is 0 Å². The van der Waals surface area contributed by atoms with Gasteiger partial charge < -0.3 is 20.6 Å². The zero-order valence-electron chi connectivity index (χ0n) is 21.6. The minimum Gasteiger partial charge on any atom is -0.341 e. The van der Waals surface area contributed by atoms with E-state index in [0.29, 0.717) is 24.2 Å². The fraction of sp³-hybridized carbons (Fsp3) is 0.438. The van der Waals surface area contributed by atoms with Gasteiger partial charge in [-0.15, -0.1) is 0 Å². The fourth-order valence-corrected chi connectivity index (χ4v) is 8.31. The van der Waals surface area contributed by atoms with Crippen LogP contribution >= 0.6 is 0 Å². The highest BCUT2D eigenvalue weighted by Crippen LogP contribution is 2.41. The minimum atomic E-state index is 0.372. The molecule has 9 rings (SSSR count). The number of aromatic amines is 2.